The molecule has 1 aromatic heterocycles. The van der Waals surface area contributed by atoms with Gasteiger partial charge in [0.15, 0.2) is 5.82 Å². The Kier molecular flexibility index (Phi) is 4.35. The number of likely N-dealkylation sites (tertiary alicyclic amines) is 1. The van der Waals surface area contributed by atoms with Gasteiger partial charge in [0.1, 0.15) is 5.75 Å². The molecule has 0 aliphatic carbocycles. The third-order valence-corrected chi connectivity index (χ3v) is 4.33. The largest absolute Gasteiger partial charge is 0.497 e. The molecule has 0 saturated carbocycles. The molecule has 7 nitrogen and oxygen atoms in total. The first-order chi connectivity index (χ1) is 10.7. The molecular formula is C15H21N5O2. The van der Waals surface area contributed by atoms with E-state index in [1.165, 1.54) is 5.56 Å². The van der Waals surface area contributed by atoms with Crippen molar-refractivity contribution in [3.05, 3.63) is 35.7 Å². The van der Waals surface area contributed by atoms with Gasteiger partial charge in [-0.2, -0.15) is 0 Å². The molecule has 1 fully saturated rings. The number of hydrogen-bond acceptors (Lipinski definition) is 6. The van der Waals surface area contributed by atoms with E-state index in [9.17, 15) is 5.11 Å². The summed E-state index contributed by atoms with van der Waals surface area (Å²) in [6.45, 7) is 0.907. The fourth-order valence-corrected chi connectivity index (χ4v) is 3.11. The second-order valence-electron chi connectivity index (χ2n) is 5.61. The molecule has 2 atom stereocenters. The lowest BCUT2D eigenvalue weighted by Crippen LogP contribution is -2.34. The monoisotopic (exact) mass is 303 g/mol. The van der Waals surface area contributed by atoms with E-state index in [0.717, 1.165) is 31.0 Å². The van der Waals surface area contributed by atoms with E-state index in [1.54, 1.807) is 11.8 Å². The standard InChI is InChI=1S/C15H21N5O2/c1-19-15(16-17-18-19)14-8-5-12(10-21)20(14)9-11-3-6-13(22-2)7-4-11/h3-4,6-7,12,14,21H,5,8-10H2,1-2H3/t12-,14-/m0/s1. The highest BCUT2D eigenvalue weighted by Crippen LogP contribution is 2.36. The van der Waals surface area contributed by atoms with Crippen LogP contribution in [-0.4, -0.2) is 50.0 Å². The molecule has 2 aromatic rings. The number of tetrazole rings is 1. The van der Waals surface area contributed by atoms with E-state index < -0.39 is 0 Å². The average molecular weight is 303 g/mol. The summed E-state index contributed by atoms with van der Waals surface area (Å²) in [6.07, 6.45) is 1.90. The molecule has 3 rings (SSSR count). The fraction of sp³-hybridized carbons (Fsp3) is 0.533. The highest BCUT2D eigenvalue weighted by atomic mass is 16.5. The Morgan fingerprint density at radius 1 is 1.27 bits per heavy atom. The van der Waals surface area contributed by atoms with Crippen molar-refractivity contribution in [2.45, 2.75) is 31.5 Å². The smallest absolute Gasteiger partial charge is 0.168 e. The maximum Gasteiger partial charge on any atom is 0.168 e. The SMILES string of the molecule is COc1ccc(CN2[C@H](CO)CC[C@H]2c2nnnn2C)cc1. The third kappa shape index (κ3) is 2.82. The fourth-order valence-electron chi connectivity index (χ4n) is 3.11. The summed E-state index contributed by atoms with van der Waals surface area (Å²) >= 11 is 0. The van der Waals surface area contributed by atoms with Gasteiger partial charge >= 0.3 is 0 Å². The Morgan fingerprint density at radius 2 is 2.05 bits per heavy atom. The number of methoxy groups -OCH3 is 1. The number of ether oxygens (including phenoxy) is 1. The second kappa shape index (κ2) is 6.41. The average Bonchev–Trinajstić information content (AvgIpc) is 3.13. The van der Waals surface area contributed by atoms with Crippen LogP contribution in [-0.2, 0) is 13.6 Å². The minimum absolute atomic E-state index is 0.138. The zero-order valence-electron chi connectivity index (χ0n) is 12.9. The summed E-state index contributed by atoms with van der Waals surface area (Å²) in [4.78, 5) is 2.29. The topological polar surface area (TPSA) is 76.3 Å². The van der Waals surface area contributed by atoms with Crippen LogP contribution in [0.15, 0.2) is 24.3 Å². The molecule has 0 radical (unpaired) electrons. The van der Waals surface area contributed by atoms with Gasteiger partial charge < -0.3 is 9.84 Å². The molecule has 0 unspecified atom stereocenters. The lowest BCUT2D eigenvalue weighted by atomic mass is 10.1. The lowest BCUT2D eigenvalue weighted by molar-refractivity contribution is 0.117. The molecule has 1 aliphatic rings. The Bertz CT molecular complexity index is 613. The number of aliphatic hydroxyl groups is 1. The molecule has 2 heterocycles. The molecule has 1 saturated heterocycles. The van der Waals surface area contributed by atoms with Crippen molar-refractivity contribution in [1.29, 1.82) is 0 Å². The molecular weight excluding hydrogens is 282 g/mol. The zero-order valence-corrected chi connectivity index (χ0v) is 12.9. The van der Waals surface area contributed by atoms with Gasteiger partial charge in [-0.15, -0.1) is 5.10 Å². The predicted octanol–water partition coefficient (Wildman–Crippen LogP) is 0.917. The number of aliphatic hydroxyl groups excluding tert-OH is 1. The Balaban J connectivity index is 1.81. The van der Waals surface area contributed by atoms with Gasteiger partial charge in [-0.25, -0.2) is 4.68 Å². The van der Waals surface area contributed by atoms with Gasteiger partial charge in [0.05, 0.1) is 19.8 Å². The molecule has 22 heavy (non-hydrogen) atoms. The van der Waals surface area contributed by atoms with Crippen molar-refractivity contribution in [2.24, 2.45) is 7.05 Å². The summed E-state index contributed by atoms with van der Waals surface area (Å²) < 4.78 is 6.91. The predicted molar refractivity (Wildman–Crippen MR) is 80.2 cm³/mol. The zero-order chi connectivity index (χ0) is 15.5. The van der Waals surface area contributed by atoms with Crippen LogP contribution < -0.4 is 4.74 Å². The van der Waals surface area contributed by atoms with Crippen LogP contribution in [0.4, 0.5) is 0 Å². The van der Waals surface area contributed by atoms with E-state index in [2.05, 4.69) is 32.6 Å². The highest BCUT2D eigenvalue weighted by molar-refractivity contribution is 5.27. The number of aryl methyl sites for hydroxylation is 1. The second-order valence-corrected chi connectivity index (χ2v) is 5.61. The van der Waals surface area contributed by atoms with Gasteiger partial charge in [0.2, 0.25) is 0 Å². The highest BCUT2D eigenvalue weighted by Gasteiger charge is 2.36. The maximum absolute atomic E-state index is 9.66. The number of aromatic nitrogens is 4. The van der Waals surface area contributed by atoms with Crippen molar-refractivity contribution >= 4 is 0 Å². The van der Waals surface area contributed by atoms with Crippen LogP contribution in [0.25, 0.3) is 0 Å². The van der Waals surface area contributed by atoms with E-state index in [1.807, 2.05) is 19.2 Å². The summed E-state index contributed by atoms with van der Waals surface area (Å²) in [5.74, 6) is 1.70. The molecule has 1 aromatic carbocycles. The number of benzene rings is 1. The van der Waals surface area contributed by atoms with Crippen LogP contribution in [0.5, 0.6) is 5.75 Å². The van der Waals surface area contributed by atoms with Crippen molar-refractivity contribution in [2.75, 3.05) is 13.7 Å². The van der Waals surface area contributed by atoms with Gasteiger partial charge in [0, 0.05) is 19.6 Å². The van der Waals surface area contributed by atoms with Crippen LogP contribution in [0.1, 0.15) is 30.3 Å². The molecule has 1 N–H and O–H groups in total. The van der Waals surface area contributed by atoms with Gasteiger partial charge in [0.25, 0.3) is 0 Å². The third-order valence-electron chi connectivity index (χ3n) is 4.33. The van der Waals surface area contributed by atoms with Crippen LogP contribution in [0.3, 0.4) is 0 Å². The maximum atomic E-state index is 9.66. The quantitative estimate of drug-likeness (QED) is 0.885. The van der Waals surface area contributed by atoms with E-state index >= 15 is 0 Å². The summed E-state index contributed by atoms with van der Waals surface area (Å²) in [5, 5.41) is 21.5. The molecule has 0 spiro atoms. The van der Waals surface area contributed by atoms with Gasteiger partial charge in [-0.05, 0) is 41.0 Å². The number of rotatable bonds is 5. The molecule has 1 aliphatic heterocycles. The summed E-state index contributed by atoms with van der Waals surface area (Å²) in [6, 6.07) is 8.30. The normalized spacial score (nSPS) is 22.1. The van der Waals surface area contributed by atoms with Crippen LogP contribution in [0, 0.1) is 0 Å². The van der Waals surface area contributed by atoms with E-state index in [4.69, 9.17) is 4.74 Å². The number of hydrogen-bond donors (Lipinski definition) is 1. The van der Waals surface area contributed by atoms with E-state index in [0.29, 0.717) is 0 Å². The summed E-state index contributed by atoms with van der Waals surface area (Å²) in [5.41, 5.74) is 1.18. The van der Waals surface area contributed by atoms with Gasteiger partial charge in [-0.3, -0.25) is 4.90 Å². The first kappa shape index (κ1) is 14.9. The van der Waals surface area contributed by atoms with E-state index in [-0.39, 0.29) is 18.7 Å². The Morgan fingerprint density at radius 3 is 2.64 bits per heavy atom. The van der Waals surface area contributed by atoms with Crippen molar-refractivity contribution in [3.8, 4) is 5.75 Å². The van der Waals surface area contributed by atoms with Crippen molar-refractivity contribution in [1.82, 2.24) is 25.1 Å². The van der Waals surface area contributed by atoms with Crippen LogP contribution in [0.2, 0.25) is 0 Å². The Labute approximate surface area is 129 Å². The first-order valence-electron chi connectivity index (χ1n) is 7.44. The molecule has 0 amide bonds. The van der Waals surface area contributed by atoms with Gasteiger partial charge in [-0.1, -0.05) is 12.1 Å². The molecule has 118 valence electrons. The minimum atomic E-state index is 0.138. The minimum Gasteiger partial charge on any atom is -0.497 e. The van der Waals surface area contributed by atoms with Crippen molar-refractivity contribution < 1.29 is 9.84 Å². The Hall–Kier alpha value is -1.99. The summed E-state index contributed by atoms with van der Waals surface area (Å²) in [7, 11) is 3.52. The van der Waals surface area contributed by atoms with Crippen molar-refractivity contribution in [3.63, 3.8) is 0 Å². The first-order valence-corrected chi connectivity index (χ1v) is 7.44. The molecule has 0 bridgehead atoms. The number of nitrogens with zero attached hydrogens (tertiary/aromatic N) is 5. The van der Waals surface area contributed by atoms with Crippen LogP contribution >= 0.6 is 0 Å². The lowest BCUT2D eigenvalue weighted by Gasteiger charge is -2.28. The molecule has 7 heteroatoms.